The van der Waals surface area contributed by atoms with Gasteiger partial charge in [0.2, 0.25) is 6.79 Å². The summed E-state index contributed by atoms with van der Waals surface area (Å²) in [6.45, 7) is 2.53. The zero-order chi connectivity index (χ0) is 27.6. The summed E-state index contributed by atoms with van der Waals surface area (Å²) >= 11 is 0. The fourth-order valence-electron chi connectivity index (χ4n) is 5.95. The first-order valence-electron chi connectivity index (χ1n) is 13.0. The van der Waals surface area contributed by atoms with E-state index < -0.39 is 23.4 Å². The van der Waals surface area contributed by atoms with Crippen molar-refractivity contribution in [3.8, 4) is 17.2 Å². The molecule has 1 fully saturated rings. The van der Waals surface area contributed by atoms with Gasteiger partial charge in [-0.15, -0.1) is 0 Å². The Balaban J connectivity index is 1.21. The molecule has 4 amide bonds. The summed E-state index contributed by atoms with van der Waals surface area (Å²) in [4.78, 5) is 47.4. The Morgan fingerprint density at radius 3 is 2.75 bits per heavy atom. The number of benzene rings is 3. The summed E-state index contributed by atoms with van der Waals surface area (Å²) in [5.41, 5.74) is 2.61. The Labute approximate surface area is 229 Å². The molecule has 0 bridgehead atoms. The fourth-order valence-corrected chi connectivity index (χ4v) is 5.95. The van der Waals surface area contributed by atoms with Crippen molar-refractivity contribution < 1.29 is 28.6 Å². The lowest BCUT2D eigenvalue weighted by Gasteiger charge is -2.35. The van der Waals surface area contributed by atoms with Crippen LogP contribution in [0.4, 0.5) is 10.5 Å². The third kappa shape index (κ3) is 3.38. The molecule has 4 heterocycles. The molecule has 0 aliphatic carbocycles. The van der Waals surface area contributed by atoms with Gasteiger partial charge in [-0.05, 0) is 66.9 Å². The van der Waals surface area contributed by atoms with Gasteiger partial charge in [-0.1, -0.05) is 18.2 Å². The van der Waals surface area contributed by atoms with E-state index in [1.54, 1.807) is 49.3 Å². The molecule has 3 aliphatic heterocycles. The number of nitrogens with one attached hydrogen (secondary N) is 2. The fraction of sp³-hybridized carbons (Fsp3) is 0.233. The maximum absolute atomic E-state index is 14.2. The van der Waals surface area contributed by atoms with Crippen molar-refractivity contribution in [2.75, 3.05) is 25.3 Å². The van der Waals surface area contributed by atoms with Crippen LogP contribution in [-0.4, -0.2) is 48.2 Å². The minimum atomic E-state index is -1.24. The Morgan fingerprint density at radius 2 is 1.90 bits per heavy atom. The van der Waals surface area contributed by atoms with Crippen LogP contribution in [0.5, 0.6) is 17.2 Å². The number of imide groups is 1. The van der Waals surface area contributed by atoms with Crippen LogP contribution in [0.3, 0.4) is 0 Å². The summed E-state index contributed by atoms with van der Waals surface area (Å²) in [5.74, 6) is 1.20. The van der Waals surface area contributed by atoms with Gasteiger partial charge in [0, 0.05) is 24.0 Å². The number of nitrogens with zero attached hydrogens (tertiary/aromatic N) is 2. The normalized spacial score (nSPS) is 19.1. The number of rotatable bonds is 5. The lowest BCUT2D eigenvalue weighted by atomic mass is 9.87. The van der Waals surface area contributed by atoms with Gasteiger partial charge in [-0.3, -0.25) is 9.59 Å². The summed E-state index contributed by atoms with van der Waals surface area (Å²) in [5, 5.41) is 3.87. The van der Waals surface area contributed by atoms with Crippen molar-refractivity contribution >= 4 is 34.4 Å². The number of H-pyrrole nitrogens is 1. The molecule has 10 nitrogen and oxygen atoms in total. The minimum Gasteiger partial charge on any atom is -0.497 e. The van der Waals surface area contributed by atoms with Crippen molar-refractivity contribution in [3.05, 3.63) is 83.0 Å². The molecule has 0 radical (unpaired) electrons. The van der Waals surface area contributed by atoms with Gasteiger partial charge >= 0.3 is 6.03 Å². The number of aromatic nitrogens is 1. The van der Waals surface area contributed by atoms with Crippen LogP contribution in [0, 0.1) is 0 Å². The summed E-state index contributed by atoms with van der Waals surface area (Å²) in [6, 6.07) is 17.4. The molecule has 0 spiro atoms. The van der Waals surface area contributed by atoms with E-state index in [2.05, 4.69) is 10.3 Å². The Kier molecular flexibility index (Phi) is 5.28. The number of methoxy groups -OCH3 is 1. The molecular weight excluding hydrogens is 512 g/mol. The number of fused-ring (bicyclic) bond motifs is 6. The second kappa shape index (κ2) is 8.77. The van der Waals surface area contributed by atoms with E-state index in [0.717, 1.165) is 32.7 Å². The van der Waals surface area contributed by atoms with Crippen molar-refractivity contribution in [3.63, 3.8) is 0 Å². The predicted octanol–water partition coefficient (Wildman–Crippen LogP) is 4.08. The number of aromatic amines is 1. The van der Waals surface area contributed by atoms with Gasteiger partial charge in [0.25, 0.3) is 11.8 Å². The molecule has 7 rings (SSSR count). The number of carbonyl (C=O) groups is 3. The number of urea groups is 1. The highest BCUT2D eigenvalue weighted by Crippen LogP contribution is 2.46. The molecule has 2 N–H and O–H groups in total. The summed E-state index contributed by atoms with van der Waals surface area (Å²) in [7, 11) is 1.61. The van der Waals surface area contributed by atoms with E-state index in [0.29, 0.717) is 30.2 Å². The summed E-state index contributed by atoms with van der Waals surface area (Å²) < 4.78 is 16.2. The molecule has 1 atom stereocenters. The van der Waals surface area contributed by atoms with Crippen LogP contribution in [0.25, 0.3) is 10.9 Å². The van der Waals surface area contributed by atoms with Crippen LogP contribution < -0.4 is 24.4 Å². The van der Waals surface area contributed by atoms with Gasteiger partial charge in [0.05, 0.1) is 24.1 Å². The molecule has 40 heavy (non-hydrogen) atoms. The first-order chi connectivity index (χ1) is 19.4. The van der Waals surface area contributed by atoms with Crippen molar-refractivity contribution in [2.45, 2.75) is 25.4 Å². The van der Waals surface area contributed by atoms with Crippen LogP contribution in [-0.2, 0) is 23.3 Å². The quantitative estimate of drug-likeness (QED) is 0.371. The third-order valence-electron chi connectivity index (χ3n) is 8.05. The smallest absolute Gasteiger partial charge is 0.332 e. The number of hydrogen-bond donors (Lipinski definition) is 2. The minimum absolute atomic E-state index is 0.167. The highest BCUT2D eigenvalue weighted by atomic mass is 16.7. The molecule has 1 saturated heterocycles. The maximum Gasteiger partial charge on any atom is 0.332 e. The first-order valence-corrected chi connectivity index (χ1v) is 13.0. The Hall–Kier alpha value is -4.99. The number of hydrogen-bond acceptors (Lipinski definition) is 6. The van der Waals surface area contributed by atoms with E-state index in [9.17, 15) is 14.4 Å². The topological polar surface area (TPSA) is 113 Å². The zero-order valence-electron chi connectivity index (χ0n) is 21.9. The first kappa shape index (κ1) is 24.1. The molecular formula is C30H26N4O6. The SMILES string of the molecule is COc1ccc2[nH]c3c(c2c1)CCN1C(=O)N(c2ccccc2C(=O)NCc2ccc4c(c2)OCO4)C(=O)[C@]31C. The van der Waals surface area contributed by atoms with Crippen molar-refractivity contribution in [1.29, 1.82) is 0 Å². The number of para-hydroxylation sites is 1. The van der Waals surface area contributed by atoms with Crippen molar-refractivity contribution in [2.24, 2.45) is 0 Å². The van der Waals surface area contributed by atoms with Gasteiger partial charge in [0.1, 0.15) is 5.75 Å². The van der Waals surface area contributed by atoms with E-state index in [4.69, 9.17) is 14.2 Å². The number of ether oxygens (including phenoxy) is 3. The number of amides is 4. The molecule has 4 aromatic rings. The second-order valence-electron chi connectivity index (χ2n) is 10.2. The highest BCUT2D eigenvalue weighted by molar-refractivity contribution is 6.25. The van der Waals surface area contributed by atoms with E-state index in [-0.39, 0.29) is 24.6 Å². The average Bonchev–Trinajstić information content (AvgIpc) is 3.65. The van der Waals surface area contributed by atoms with Gasteiger partial charge in [-0.2, -0.15) is 0 Å². The number of anilines is 1. The van der Waals surface area contributed by atoms with Gasteiger partial charge in [0.15, 0.2) is 17.0 Å². The van der Waals surface area contributed by atoms with Crippen molar-refractivity contribution in [1.82, 2.24) is 15.2 Å². The van der Waals surface area contributed by atoms with Gasteiger partial charge in [-0.25, -0.2) is 9.69 Å². The molecule has 1 aromatic heterocycles. The molecule has 10 heteroatoms. The van der Waals surface area contributed by atoms with Crippen LogP contribution in [0.1, 0.15) is 34.1 Å². The molecule has 202 valence electrons. The van der Waals surface area contributed by atoms with E-state index in [1.807, 2.05) is 30.3 Å². The van der Waals surface area contributed by atoms with Crippen LogP contribution >= 0.6 is 0 Å². The lowest BCUT2D eigenvalue weighted by molar-refractivity contribution is -0.125. The monoisotopic (exact) mass is 538 g/mol. The van der Waals surface area contributed by atoms with E-state index in [1.165, 1.54) is 0 Å². The lowest BCUT2D eigenvalue weighted by Crippen LogP contribution is -2.49. The standard InChI is InChI=1S/C30H26N4O6/c1-30-26-19(21-14-18(38-2)8-9-22(21)32-26)11-12-33(30)29(37)34(28(30)36)23-6-4-3-5-20(23)27(35)31-15-17-7-10-24-25(13-17)40-16-39-24/h3-10,13-14,32H,11-12,15-16H2,1-2H3,(H,31,35)/t30-/m0/s1. The zero-order valence-corrected chi connectivity index (χ0v) is 21.9. The average molecular weight is 539 g/mol. The molecule has 3 aliphatic rings. The highest BCUT2D eigenvalue weighted by Gasteiger charge is 2.59. The third-order valence-corrected chi connectivity index (χ3v) is 8.05. The largest absolute Gasteiger partial charge is 0.497 e. The Morgan fingerprint density at radius 1 is 1.07 bits per heavy atom. The van der Waals surface area contributed by atoms with Gasteiger partial charge < -0.3 is 29.4 Å². The van der Waals surface area contributed by atoms with Crippen LogP contribution in [0.15, 0.2) is 60.7 Å². The maximum atomic E-state index is 14.2. The molecule has 0 saturated carbocycles. The number of carbonyl (C=O) groups excluding carboxylic acids is 3. The Bertz CT molecular complexity index is 1730. The summed E-state index contributed by atoms with van der Waals surface area (Å²) in [6.07, 6.45) is 0.586. The molecule has 0 unspecified atom stereocenters. The second-order valence-corrected chi connectivity index (χ2v) is 10.2. The predicted molar refractivity (Wildman–Crippen MR) is 146 cm³/mol. The van der Waals surface area contributed by atoms with E-state index >= 15 is 0 Å². The molecule has 3 aromatic carbocycles. The van der Waals surface area contributed by atoms with Crippen LogP contribution in [0.2, 0.25) is 0 Å².